The summed E-state index contributed by atoms with van der Waals surface area (Å²) >= 11 is 0. The molecule has 0 radical (unpaired) electrons. The second-order valence-corrected chi connectivity index (χ2v) is 9.27. The summed E-state index contributed by atoms with van der Waals surface area (Å²) in [5.74, 6) is 1.45. The fraction of sp³-hybridized carbons (Fsp3) is 0.379. The Kier molecular flexibility index (Phi) is 6.48. The van der Waals surface area contributed by atoms with E-state index in [-0.39, 0.29) is 11.9 Å². The van der Waals surface area contributed by atoms with Crippen molar-refractivity contribution in [3.63, 3.8) is 0 Å². The first kappa shape index (κ1) is 24.0. The average Bonchev–Trinajstić information content (AvgIpc) is 3.45. The van der Waals surface area contributed by atoms with Crippen LogP contribution in [0.5, 0.6) is 11.5 Å². The Morgan fingerprint density at radius 1 is 1.06 bits per heavy atom. The molecule has 0 saturated carbocycles. The molecule has 7 heteroatoms. The van der Waals surface area contributed by atoms with Gasteiger partial charge in [0.25, 0.3) is 5.91 Å². The first-order valence-electron chi connectivity index (χ1n) is 12.7. The number of carbonyl (C=O) groups excluding carboxylic acids is 1. The summed E-state index contributed by atoms with van der Waals surface area (Å²) in [6.07, 6.45) is 3.48. The molecule has 7 nitrogen and oxygen atoms in total. The van der Waals surface area contributed by atoms with E-state index in [2.05, 4.69) is 47.1 Å². The quantitative estimate of drug-likeness (QED) is 0.361. The minimum Gasteiger partial charge on any atom is -0.493 e. The highest BCUT2D eigenvalue weighted by molar-refractivity contribution is 6.07. The number of aromatic nitrogens is 3. The van der Waals surface area contributed by atoms with Crippen molar-refractivity contribution in [2.75, 3.05) is 20.8 Å². The van der Waals surface area contributed by atoms with Gasteiger partial charge in [0.05, 0.1) is 31.5 Å². The molecule has 0 spiro atoms. The van der Waals surface area contributed by atoms with Gasteiger partial charge in [-0.3, -0.25) is 9.48 Å². The summed E-state index contributed by atoms with van der Waals surface area (Å²) in [5, 5.41) is 5.83. The van der Waals surface area contributed by atoms with E-state index in [1.807, 2.05) is 36.5 Å². The molecule has 5 rings (SSSR count). The minimum absolute atomic E-state index is 0.0678. The van der Waals surface area contributed by atoms with Crippen LogP contribution in [0.25, 0.3) is 10.9 Å². The molecular formula is C29H34N4O3. The maximum Gasteiger partial charge on any atom is 0.256 e. The molecule has 2 aromatic heterocycles. The lowest BCUT2D eigenvalue weighted by molar-refractivity contribution is 0.0659. The number of para-hydroxylation sites is 1. The third-order valence-corrected chi connectivity index (χ3v) is 7.38. The molecule has 1 amide bonds. The van der Waals surface area contributed by atoms with Gasteiger partial charge in [0.1, 0.15) is 0 Å². The van der Waals surface area contributed by atoms with Gasteiger partial charge in [-0.15, -0.1) is 0 Å². The Hall–Kier alpha value is -3.74. The SMILES string of the molecule is CCn1nc(C)c2c1CCN(C(=O)c1cn(CC)c3ccccc13)C2Cc1ccc(OC)c(OC)c1. The van der Waals surface area contributed by atoms with Crippen molar-refractivity contribution >= 4 is 16.8 Å². The zero-order valence-electron chi connectivity index (χ0n) is 21.7. The van der Waals surface area contributed by atoms with E-state index in [4.69, 9.17) is 14.6 Å². The van der Waals surface area contributed by atoms with Crippen LogP contribution in [-0.4, -0.2) is 45.9 Å². The molecule has 4 aromatic rings. The van der Waals surface area contributed by atoms with Gasteiger partial charge < -0.3 is 18.9 Å². The number of rotatable bonds is 7. The molecule has 2 aromatic carbocycles. The lowest BCUT2D eigenvalue weighted by atomic mass is 9.90. The highest BCUT2D eigenvalue weighted by atomic mass is 16.5. The predicted octanol–water partition coefficient (Wildman–Crippen LogP) is 5.19. The largest absolute Gasteiger partial charge is 0.493 e. The number of aryl methyl sites for hydroxylation is 3. The highest BCUT2D eigenvalue weighted by Gasteiger charge is 2.36. The first-order valence-corrected chi connectivity index (χ1v) is 12.7. The smallest absolute Gasteiger partial charge is 0.256 e. The van der Waals surface area contributed by atoms with Crippen LogP contribution in [0.3, 0.4) is 0 Å². The average molecular weight is 487 g/mol. The maximum absolute atomic E-state index is 14.2. The van der Waals surface area contributed by atoms with Crippen LogP contribution in [-0.2, 0) is 25.9 Å². The fourth-order valence-electron chi connectivity index (χ4n) is 5.66. The number of amides is 1. The molecule has 188 valence electrons. The van der Waals surface area contributed by atoms with Crippen molar-refractivity contribution in [3.8, 4) is 11.5 Å². The molecule has 1 atom stereocenters. The molecule has 1 unspecified atom stereocenters. The Labute approximate surface area is 212 Å². The molecule has 0 bridgehead atoms. The number of hydrogen-bond donors (Lipinski definition) is 0. The summed E-state index contributed by atoms with van der Waals surface area (Å²) < 4.78 is 15.3. The standard InChI is InChI=1S/C29H34N4O3/c1-6-31-18-22(21-10-8-9-11-23(21)31)29(34)32-15-14-24-28(19(3)30-33(24)7-2)25(32)16-20-12-13-26(35-4)27(17-20)36-5/h8-13,17-18,25H,6-7,14-16H2,1-5H3. The van der Waals surface area contributed by atoms with Crippen molar-refractivity contribution in [2.45, 2.75) is 52.7 Å². The molecule has 0 saturated heterocycles. The van der Waals surface area contributed by atoms with Crippen molar-refractivity contribution in [2.24, 2.45) is 0 Å². The maximum atomic E-state index is 14.2. The van der Waals surface area contributed by atoms with Crippen molar-refractivity contribution < 1.29 is 14.3 Å². The number of ether oxygens (including phenoxy) is 2. The lowest BCUT2D eigenvalue weighted by Crippen LogP contribution is -2.41. The molecule has 1 aliphatic rings. The third kappa shape index (κ3) is 3.92. The van der Waals surface area contributed by atoms with Crippen LogP contribution >= 0.6 is 0 Å². The van der Waals surface area contributed by atoms with Gasteiger partial charge in [-0.2, -0.15) is 5.10 Å². The summed E-state index contributed by atoms with van der Waals surface area (Å²) in [7, 11) is 3.29. The van der Waals surface area contributed by atoms with Crippen LogP contribution in [0, 0.1) is 6.92 Å². The van der Waals surface area contributed by atoms with Crippen molar-refractivity contribution in [1.29, 1.82) is 0 Å². The number of fused-ring (bicyclic) bond motifs is 2. The monoisotopic (exact) mass is 486 g/mol. The van der Waals surface area contributed by atoms with E-state index in [1.165, 1.54) is 11.3 Å². The van der Waals surface area contributed by atoms with Crippen molar-refractivity contribution in [3.05, 3.63) is 76.7 Å². The number of hydrogen-bond acceptors (Lipinski definition) is 4. The van der Waals surface area contributed by atoms with E-state index in [0.29, 0.717) is 24.5 Å². The van der Waals surface area contributed by atoms with Crippen LogP contribution in [0.1, 0.15) is 52.8 Å². The minimum atomic E-state index is -0.122. The van der Waals surface area contributed by atoms with Crippen LogP contribution in [0.4, 0.5) is 0 Å². The van der Waals surface area contributed by atoms with Gasteiger partial charge in [0, 0.05) is 54.4 Å². The van der Waals surface area contributed by atoms with Gasteiger partial charge in [-0.05, 0) is 51.0 Å². The van der Waals surface area contributed by atoms with E-state index in [0.717, 1.165) is 47.2 Å². The van der Waals surface area contributed by atoms with Crippen LogP contribution in [0.15, 0.2) is 48.7 Å². The van der Waals surface area contributed by atoms with Crippen molar-refractivity contribution in [1.82, 2.24) is 19.2 Å². The zero-order valence-corrected chi connectivity index (χ0v) is 21.7. The van der Waals surface area contributed by atoms with E-state index >= 15 is 0 Å². The van der Waals surface area contributed by atoms with Gasteiger partial charge in [-0.25, -0.2) is 0 Å². The topological polar surface area (TPSA) is 61.5 Å². The number of carbonyl (C=O) groups is 1. The summed E-state index contributed by atoms with van der Waals surface area (Å²) in [5.41, 5.74) is 6.33. The van der Waals surface area contributed by atoms with Crippen LogP contribution < -0.4 is 9.47 Å². The Morgan fingerprint density at radius 3 is 2.56 bits per heavy atom. The van der Waals surface area contributed by atoms with Crippen LogP contribution in [0.2, 0.25) is 0 Å². The number of methoxy groups -OCH3 is 2. The first-order chi connectivity index (χ1) is 17.5. The molecule has 0 fully saturated rings. The number of benzene rings is 2. The second-order valence-electron chi connectivity index (χ2n) is 9.27. The molecule has 1 aliphatic heterocycles. The Bertz CT molecular complexity index is 1420. The summed E-state index contributed by atoms with van der Waals surface area (Å²) in [6, 6.07) is 14.0. The second kappa shape index (κ2) is 9.72. The Morgan fingerprint density at radius 2 is 1.83 bits per heavy atom. The Balaban J connectivity index is 1.60. The molecule has 0 aliphatic carbocycles. The predicted molar refractivity (Wildman–Crippen MR) is 141 cm³/mol. The highest BCUT2D eigenvalue weighted by Crippen LogP contribution is 2.38. The third-order valence-electron chi connectivity index (χ3n) is 7.38. The summed E-state index contributed by atoms with van der Waals surface area (Å²) in [4.78, 5) is 16.3. The molecule has 36 heavy (non-hydrogen) atoms. The van der Waals surface area contributed by atoms with Gasteiger partial charge in [-0.1, -0.05) is 24.3 Å². The van der Waals surface area contributed by atoms with E-state index < -0.39 is 0 Å². The zero-order chi connectivity index (χ0) is 25.4. The van der Waals surface area contributed by atoms with E-state index in [9.17, 15) is 4.79 Å². The molecule has 0 N–H and O–H groups in total. The number of nitrogens with zero attached hydrogens (tertiary/aromatic N) is 4. The summed E-state index contributed by atoms with van der Waals surface area (Å²) in [6.45, 7) is 8.57. The van der Waals surface area contributed by atoms with Gasteiger partial charge in [0.2, 0.25) is 0 Å². The normalized spacial score (nSPS) is 15.2. The fourth-order valence-corrected chi connectivity index (χ4v) is 5.66. The molecule has 3 heterocycles. The van der Waals surface area contributed by atoms with Gasteiger partial charge in [0.15, 0.2) is 11.5 Å². The van der Waals surface area contributed by atoms with Gasteiger partial charge >= 0.3 is 0 Å². The van der Waals surface area contributed by atoms with E-state index in [1.54, 1.807) is 14.2 Å². The lowest BCUT2D eigenvalue weighted by Gasteiger charge is -2.36. The molecular weight excluding hydrogens is 452 g/mol.